The Kier molecular flexibility index (Phi) is 6.21. The molecule has 9 heteroatoms. The Hall–Kier alpha value is -2.52. The number of fused-ring (bicyclic) bond motifs is 1. The molecule has 0 aliphatic rings. The highest BCUT2D eigenvalue weighted by Crippen LogP contribution is 2.26. The van der Waals surface area contributed by atoms with E-state index < -0.39 is 5.91 Å². The number of benzene rings is 1. The fourth-order valence-electron chi connectivity index (χ4n) is 1.98. The van der Waals surface area contributed by atoms with Gasteiger partial charge in [0, 0.05) is 12.8 Å². The first kappa shape index (κ1) is 17.8. The first-order valence-corrected chi connectivity index (χ1v) is 8.16. The summed E-state index contributed by atoms with van der Waals surface area (Å²) in [6.45, 7) is 1.69. The molecule has 4 N–H and O–H groups in total. The maximum Gasteiger partial charge on any atom is 0.262 e. The summed E-state index contributed by atoms with van der Waals surface area (Å²) >= 11 is 1.40. The van der Waals surface area contributed by atoms with E-state index in [1.807, 2.05) is 25.1 Å². The third-order valence-electron chi connectivity index (χ3n) is 3.17. The van der Waals surface area contributed by atoms with Gasteiger partial charge in [-0.1, -0.05) is 17.4 Å². The lowest BCUT2D eigenvalue weighted by Gasteiger charge is -2.04. The molecule has 0 unspecified atom stereocenters. The zero-order valence-electron chi connectivity index (χ0n) is 13.1. The molecule has 0 bridgehead atoms. The van der Waals surface area contributed by atoms with Crippen molar-refractivity contribution in [3.05, 3.63) is 23.8 Å². The van der Waals surface area contributed by atoms with Crippen LogP contribution in [0.15, 0.2) is 18.2 Å². The number of nitrogens with zero attached hydrogens (tertiary/aromatic N) is 1. The van der Waals surface area contributed by atoms with Crippen molar-refractivity contribution in [3.8, 4) is 0 Å². The van der Waals surface area contributed by atoms with Gasteiger partial charge in [-0.2, -0.15) is 0 Å². The molecule has 0 saturated heterocycles. The van der Waals surface area contributed by atoms with Crippen LogP contribution in [0, 0.1) is 6.92 Å². The van der Waals surface area contributed by atoms with Gasteiger partial charge in [-0.3, -0.25) is 19.6 Å². The number of aromatic nitrogens is 1. The average molecular weight is 350 g/mol. The molecule has 0 radical (unpaired) electrons. The molecule has 0 atom stereocenters. The van der Waals surface area contributed by atoms with Crippen molar-refractivity contribution in [2.45, 2.75) is 26.2 Å². The second kappa shape index (κ2) is 8.37. The minimum Gasteiger partial charge on any atom is -0.347 e. The zero-order valence-corrected chi connectivity index (χ0v) is 13.9. The molecule has 8 nitrogen and oxygen atoms in total. The van der Waals surface area contributed by atoms with Crippen LogP contribution in [0.25, 0.3) is 10.2 Å². The summed E-state index contributed by atoms with van der Waals surface area (Å²) in [6, 6.07) is 5.88. The monoisotopic (exact) mass is 350 g/mol. The molecular formula is C15H18N4O4S. The van der Waals surface area contributed by atoms with E-state index in [0.717, 1.165) is 15.8 Å². The minimum atomic E-state index is -0.702. The Balaban J connectivity index is 1.74. The molecule has 1 heterocycles. The number of nitrogens with one attached hydrogen (secondary N) is 3. The largest absolute Gasteiger partial charge is 0.347 e. The predicted octanol–water partition coefficient (Wildman–Crippen LogP) is 1.34. The molecule has 0 fully saturated rings. The fourth-order valence-corrected chi connectivity index (χ4v) is 2.96. The van der Waals surface area contributed by atoms with Gasteiger partial charge in [0.1, 0.15) is 0 Å². The summed E-state index contributed by atoms with van der Waals surface area (Å²) < 4.78 is 1.01. The lowest BCUT2D eigenvalue weighted by Crippen LogP contribution is -2.35. The van der Waals surface area contributed by atoms with Gasteiger partial charge in [-0.25, -0.2) is 10.5 Å². The van der Waals surface area contributed by atoms with Crippen molar-refractivity contribution in [1.82, 2.24) is 15.8 Å². The Morgan fingerprint density at radius 3 is 2.67 bits per heavy atom. The first-order chi connectivity index (χ1) is 11.5. The molecule has 3 amide bonds. The van der Waals surface area contributed by atoms with Crippen LogP contribution in [-0.2, 0) is 14.4 Å². The van der Waals surface area contributed by atoms with E-state index in [9.17, 15) is 14.4 Å². The SMILES string of the molecule is Cc1ccc2nc(NC(=O)CCCC(=O)NCC(=O)NO)sc2c1. The normalized spacial score (nSPS) is 10.4. The van der Waals surface area contributed by atoms with Gasteiger partial charge in [0.15, 0.2) is 5.13 Å². The van der Waals surface area contributed by atoms with E-state index in [2.05, 4.69) is 15.6 Å². The molecule has 2 aromatic rings. The van der Waals surface area contributed by atoms with E-state index in [-0.39, 0.29) is 31.2 Å². The van der Waals surface area contributed by atoms with E-state index in [1.165, 1.54) is 16.8 Å². The standard InChI is InChI=1S/C15H18N4O4S/c1-9-5-6-10-11(7-9)24-15(17-10)18-13(21)4-2-3-12(20)16-8-14(22)19-23/h5-7,23H,2-4,8H2,1H3,(H,16,20)(H,19,22)(H,17,18,21). The van der Waals surface area contributed by atoms with E-state index >= 15 is 0 Å². The Labute approximate surface area is 142 Å². The number of amides is 3. The summed E-state index contributed by atoms with van der Waals surface area (Å²) in [6.07, 6.45) is 0.641. The van der Waals surface area contributed by atoms with Crippen LogP contribution in [0.4, 0.5) is 5.13 Å². The number of hydrogen-bond donors (Lipinski definition) is 4. The van der Waals surface area contributed by atoms with Gasteiger partial charge in [0.05, 0.1) is 16.8 Å². The predicted molar refractivity (Wildman–Crippen MR) is 89.8 cm³/mol. The van der Waals surface area contributed by atoms with Crippen molar-refractivity contribution in [1.29, 1.82) is 0 Å². The van der Waals surface area contributed by atoms with Crippen molar-refractivity contribution in [3.63, 3.8) is 0 Å². The van der Waals surface area contributed by atoms with Gasteiger partial charge in [0.25, 0.3) is 5.91 Å². The highest BCUT2D eigenvalue weighted by molar-refractivity contribution is 7.22. The number of carbonyl (C=O) groups is 3. The molecule has 0 saturated carbocycles. The molecule has 128 valence electrons. The second-order valence-corrected chi connectivity index (χ2v) is 6.23. The number of rotatable bonds is 7. The van der Waals surface area contributed by atoms with Gasteiger partial charge >= 0.3 is 0 Å². The van der Waals surface area contributed by atoms with Crippen LogP contribution in [0.5, 0.6) is 0 Å². The van der Waals surface area contributed by atoms with Crippen LogP contribution >= 0.6 is 11.3 Å². The number of carbonyl (C=O) groups excluding carboxylic acids is 3. The minimum absolute atomic E-state index is 0.116. The topological polar surface area (TPSA) is 120 Å². The molecule has 24 heavy (non-hydrogen) atoms. The first-order valence-electron chi connectivity index (χ1n) is 7.34. The molecule has 0 aliphatic carbocycles. The molecule has 0 spiro atoms. The summed E-state index contributed by atoms with van der Waals surface area (Å²) in [5.41, 5.74) is 3.38. The van der Waals surface area contributed by atoms with Crippen LogP contribution in [0.2, 0.25) is 0 Å². The Bertz CT molecular complexity index is 759. The number of hydroxylamine groups is 1. The van der Waals surface area contributed by atoms with E-state index in [0.29, 0.717) is 11.6 Å². The Morgan fingerprint density at radius 2 is 1.92 bits per heavy atom. The fraction of sp³-hybridized carbons (Fsp3) is 0.333. The van der Waals surface area contributed by atoms with Crippen LogP contribution in [0.1, 0.15) is 24.8 Å². The smallest absolute Gasteiger partial charge is 0.262 e. The maximum atomic E-state index is 11.9. The lowest BCUT2D eigenvalue weighted by atomic mass is 10.2. The molecule has 1 aromatic carbocycles. The van der Waals surface area contributed by atoms with Crippen LogP contribution in [-0.4, -0.2) is 34.5 Å². The van der Waals surface area contributed by atoms with Crippen LogP contribution in [0.3, 0.4) is 0 Å². The van der Waals surface area contributed by atoms with E-state index in [4.69, 9.17) is 5.21 Å². The van der Waals surface area contributed by atoms with Crippen molar-refractivity contribution >= 4 is 44.4 Å². The van der Waals surface area contributed by atoms with Crippen LogP contribution < -0.4 is 16.1 Å². The zero-order chi connectivity index (χ0) is 17.5. The maximum absolute atomic E-state index is 11.9. The van der Waals surface area contributed by atoms with Gasteiger partial charge in [-0.15, -0.1) is 0 Å². The van der Waals surface area contributed by atoms with E-state index in [1.54, 1.807) is 0 Å². The molecule has 2 rings (SSSR count). The van der Waals surface area contributed by atoms with Crippen molar-refractivity contribution in [2.75, 3.05) is 11.9 Å². The third kappa shape index (κ3) is 5.28. The molecule has 0 aliphatic heterocycles. The quantitative estimate of drug-likeness (QED) is 0.443. The highest BCUT2D eigenvalue weighted by atomic mass is 32.1. The Morgan fingerprint density at radius 1 is 1.17 bits per heavy atom. The van der Waals surface area contributed by atoms with Gasteiger partial charge in [-0.05, 0) is 31.0 Å². The summed E-state index contributed by atoms with van der Waals surface area (Å²) in [4.78, 5) is 38.4. The highest BCUT2D eigenvalue weighted by Gasteiger charge is 2.10. The van der Waals surface area contributed by atoms with Crippen molar-refractivity contribution in [2.24, 2.45) is 0 Å². The third-order valence-corrected chi connectivity index (χ3v) is 4.10. The van der Waals surface area contributed by atoms with Crippen molar-refractivity contribution < 1.29 is 19.6 Å². The summed E-state index contributed by atoms with van der Waals surface area (Å²) in [7, 11) is 0. The molecular weight excluding hydrogens is 332 g/mol. The number of anilines is 1. The second-order valence-electron chi connectivity index (χ2n) is 5.20. The number of thiazole rings is 1. The number of aryl methyl sites for hydroxylation is 1. The van der Waals surface area contributed by atoms with Gasteiger partial charge < -0.3 is 10.6 Å². The van der Waals surface area contributed by atoms with Gasteiger partial charge in [0.2, 0.25) is 11.8 Å². The lowest BCUT2D eigenvalue weighted by molar-refractivity contribution is -0.131. The molecule has 1 aromatic heterocycles. The summed E-state index contributed by atoms with van der Waals surface area (Å²) in [5, 5.41) is 13.9. The number of hydrogen-bond acceptors (Lipinski definition) is 6. The average Bonchev–Trinajstić information content (AvgIpc) is 2.93. The summed E-state index contributed by atoms with van der Waals surface area (Å²) in [5.74, 6) is -1.28.